The number of imide groups is 1. The summed E-state index contributed by atoms with van der Waals surface area (Å²) in [6, 6.07) is 16.7. The topological polar surface area (TPSA) is 116 Å². The van der Waals surface area contributed by atoms with Crippen molar-refractivity contribution >= 4 is 46.9 Å². The maximum atomic E-state index is 12.7. The number of carboxylic acid groups (broad SMARTS) is 1. The molecule has 0 aliphatic carbocycles. The number of benzene rings is 2. The molecule has 0 spiro atoms. The summed E-state index contributed by atoms with van der Waals surface area (Å²) in [6.45, 7) is 1.49. The molecular weight excluding hydrogens is 442 g/mol. The smallest absolute Gasteiger partial charge is 0.335 e. The van der Waals surface area contributed by atoms with E-state index in [4.69, 9.17) is 5.11 Å². The quantitative estimate of drug-likeness (QED) is 0.380. The molecule has 1 fully saturated rings. The molecule has 3 N–H and O–H groups in total. The van der Waals surface area contributed by atoms with E-state index in [0.29, 0.717) is 5.69 Å². The van der Waals surface area contributed by atoms with Gasteiger partial charge in [-0.15, -0.1) is 11.3 Å². The molecule has 0 atom stereocenters. The van der Waals surface area contributed by atoms with Crippen LogP contribution in [0, 0.1) is 6.92 Å². The average Bonchev–Trinajstić information content (AvgIpc) is 3.34. The molecule has 4 rings (SSSR count). The Balaban J connectivity index is 1.44. The lowest BCUT2D eigenvalue weighted by Gasteiger charge is -2.12. The Morgan fingerprint density at radius 3 is 2.55 bits per heavy atom. The van der Waals surface area contributed by atoms with E-state index >= 15 is 0 Å². The highest BCUT2D eigenvalue weighted by molar-refractivity contribution is 7.16. The van der Waals surface area contributed by atoms with Crippen LogP contribution in [0.1, 0.15) is 20.8 Å². The van der Waals surface area contributed by atoms with Crippen molar-refractivity contribution in [3.05, 3.63) is 82.4 Å². The van der Waals surface area contributed by atoms with E-state index < -0.39 is 30.4 Å². The predicted molar refractivity (Wildman–Crippen MR) is 125 cm³/mol. The molecule has 1 aliphatic rings. The molecule has 0 unspecified atom stereocenters. The largest absolute Gasteiger partial charge is 0.478 e. The van der Waals surface area contributed by atoms with Crippen LogP contribution >= 0.6 is 11.3 Å². The van der Waals surface area contributed by atoms with Crippen molar-refractivity contribution in [3.8, 4) is 10.4 Å². The minimum absolute atomic E-state index is 0.0815. The SMILES string of the molecule is Cc1cccc(NC(=O)CN2C(=O)N/C(=C\c3ccc(-c4ccc(C(=O)O)cc4)s3)C2=O)c1. The molecule has 8 nitrogen and oxygen atoms in total. The zero-order valence-electron chi connectivity index (χ0n) is 17.5. The predicted octanol–water partition coefficient (Wildman–Crippen LogP) is 3.95. The van der Waals surface area contributed by atoms with Gasteiger partial charge in [0.2, 0.25) is 5.91 Å². The Bertz CT molecular complexity index is 1290. The number of carbonyl (C=O) groups excluding carboxylic acids is 3. The van der Waals surface area contributed by atoms with Crippen LogP contribution in [0.15, 0.2) is 66.4 Å². The average molecular weight is 461 g/mol. The van der Waals surface area contributed by atoms with Crippen molar-refractivity contribution in [2.24, 2.45) is 0 Å². The molecule has 2 heterocycles. The van der Waals surface area contributed by atoms with E-state index in [2.05, 4.69) is 10.6 Å². The van der Waals surface area contributed by atoms with Crippen molar-refractivity contribution in [1.29, 1.82) is 0 Å². The van der Waals surface area contributed by atoms with Gasteiger partial charge in [-0.25, -0.2) is 14.5 Å². The van der Waals surface area contributed by atoms with E-state index in [1.165, 1.54) is 23.5 Å². The van der Waals surface area contributed by atoms with Crippen LogP contribution in [-0.2, 0) is 9.59 Å². The molecule has 9 heteroatoms. The number of hydrogen-bond acceptors (Lipinski definition) is 5. The van der Waals surface area contributed by atoms with Gasteiger partial charge in [0.15, 0.2) is 0 Å². The zero-order chi connectivity index (χ0) is 23.5. The number of aryl methyl sites for hydroxylation is 1. The van der Waals surface area contributed by atoms with Crippen LogP contribution in [0.25, 0.3) is 16.5 Å². The summed E-state index contributed by atoms with van der Waals surface area (Å²) in [4.78, 5) is 50.7. The number of amides is 4. The van der Waals surface area contributed by atoms with Crippen LogP contribution in [0.5, 0.6) is 0 Å². The number of carboxylic acids is 1. The summed E-state index contributed by atoms with van der Waals surface area (Å²) in [5.41, 5.74) is 2.68. The first-order valence-corrected chi connectivity index (χ1v) is 10.8. The third kappa shape index (κ3) is 4.99. The summed E-state index contributed by atoms with van der Waals surface area (Å²) >= 11 is 1.38. The standard InChI is InChI=1S/C24H19N3O5S/c1-14-3-2-4-17(11-14)25-21(28)13-27-22(29)19(26-24(27)32)12-18-9-10-20(33-18)15-5-7-16(8-6-15)23(30)31/h2-12H,13H2,1H3,(H,25,28)(H,26,32)(H,30,31)/b19-12-. The molecule has 0 saturated carbocycles. The number of carbonyl (C=O) groups is 4. The summed E-state index contributed by atoms with van der Waals surface area (Å²) in [5, 5.41) is 14.2. The highest BCUT2D eigenvalue weighted by Crippen LogP contribution is 2.30. The van der Waals surface area contributed by atoms with Gasteiger partial charge in [0.25, 0.3) is 5.91 Å². The van der Waals surface area contributed by atoms with Gasteiger partial charge < -0.3 is 15.7 Å². The third-order valence-corrected chi connectivity index (χ3v) is 5.98. The summed E-state index contributed by atoms with van der Waals surface area (Å²) in [5.74, 6) is -2.06. The minimum Gasteiger partial charge on any atom is -0.478 e. The summed E-state index contributed by atoms with van der Waals surface area (Å²) in [7, 11) is 0. The minimum atomic E-state index is -0.995. The van der Waals surface area contributed by atoms with Crippen molar-refractivity contribution in [2.75, 3.05) is 11.9 Å². The van der Waals surface area contributed by atoms with Crippen LogP contribution in [0.3, 0.4) is 0 Å². The molecule has 1 saturated heterocycles. The van der Waals surface area contributed by atoms with Gasteiger partial charge >= 0.3 is 12.0 Å². The maximum Gasteiger partial charge on any atom is 0.335 e. The number of aromatic carboxylic acids is 1. The number of rotatable bonds is 6. The Hall–Kier alpha value is -4.24. The van der Waals surface area contributed by atoms with Crippen molar-refractivity contribution < 1.29 is 24.3 Å². The van der Waals surface area contributed by atoms with E-state index in [1.54, 1.807) is 42.5 Å². The number of anilines is 1. The van der Waals surface area contributed by atoms with Gasteiger partial charge in [-0.3, -0.25) is 9.59 Å². The second-order valence-electron chi connectivity index (χ2n) is 7.38. The Labute approximate surface area is 193 Å². The molecule has 1 aliphatic heterocycles. The monoisotopic (exact) mass is 461 g/mol. The van der Waals surface area contributed by atoms with Gasteiger partial charge in [0.05, 0.1) is 5.56 Å². The van der Waals surface area contributed by atoms with E-state index in [-0.39, 0.29) is 11.3 Å². The van der Waals surface area contributed by atoms with E-state index in [1.807, 2.05) is 19.1 Å². The summed E-state index contributed by atoms with van der Waals surface area (Å²) in [6.07, 6.45) is 1.55. The van der Waals surface area contributed by atoms with Gasteiger partial charge in [-0.05, 0) is 60.5 Å². The molecule has 33 heavy (non-hydrogen) atoms. The molecule has 2 aromatic carbocycles. The lowest BCUT2D eigenvalue weighted by atomic mass is 10.1. The van der Waals surface area contributed by atoms with E-state index in [0.717, 1.165) is 25.8 Å². The van der Waals surface area contributed by atoms with Gasteiger partial charge in [-0.1, -0.05) is 24.3 Å². The molecule has 4 amide bonds. The fourth-order valence-corrected chi connectivity index (χ4v) is 4.24. The highest BCUT2D eigenvalue weighted by atomic mass is 32.1. The second kappa shape index (κ2) is 9.09. The van der Waals surface area contributed by atoms with Crippen molar-refractivity contribution in [2.45, 2.75) is 6.92 Å². The Morgan fingerprint density at radius 2 is 1.85 bits per heavy atom. The lowest BCUT2D eigenvalue weighted by Crippen LogP contribution is -2.38. The van der Waals surface area contributed by atoms with Crippen LogP contribution < -0.4 is 10.6 Å². The van der Waals surface area contributed by atoms with E-state index in [9.17, 15) is 19.2 Å². The fraction of sp³-hybridized carbons (Fsp3) is 0.0833. The molecular formula is C24H19N3O5S. The van der Waals surface area contributed by atoms with Crippen LogP contribution in [-0.4, -0.2) is 40.4 Å². The second-order valence-corrected chi connectivity index (χ2v) is 8.50. The first kappa shape index (κ1) is 22.0. The van der Waals surface area contributed by atoms with Crippen molar-refractivity contribution in [3.63, 3.8) is 0 Å². The molecule has 3 aromatic rings. The molecule has 1 aromatic heterocycles. The highest BCUT2D eigenvalue weighted by Gasteiger charge is 2.35. The number of nitrogens with zero attached hydrogens (tertiary/aromatic N) is 1. The van der Waals surface area contributed by atoms with Crippen molar-refractivity contribution in [1.82, 2.24) is 10.2 Å². The van der Waals surface area contributed by atoms with Crippen LogP contribution in [0.4, 0.5) is 10.5 Å². The normalized spacial score (nSPS) is 14.5. The number of thiophene rings is 1. The molecule has 166 valence electrons. The Morgan fingerprint density at radius 1 is 1.09 bits per heavy atom. The fourth-order valence-electron chi connectivity index (χ4n) is 3.29. The molecule has 0 bridgehead atoms. The zero-order valence-corrected chi connectivity index (χ0v) is 18.3. The number of nitrogens with one attached hydrogen (secondary N) is 2. The number of hydrogen-bond donors (Lipinski definition) is 3. The maximum absolute atomic E-state index is 12.7. The first-order valence-electron chi connectivity index (χ1n) is 9.95. The van der Waals surface area contributed by atoms with Gasteiger partial charge in [0.1, 0.15) is 12.2 Å². The molecule has 0 radical (unpaired) electrons. The van der Waals surface area contributed by atoms with Gasteiger partial charge in [0, 0.05) is 15.4 Å². The van der Waals surface area contributed by atoms with Gasteiger partial charge in [-0.2, -0.15) is 0 Å². The van der Waals surface area contributed by atoms with Crippen LogP contribution in [0.2, 0.25) is 0 Å². The lowest BCUT2D eigenvalue weighted by molar-refractivity contribution is -0.127. The first-order chi connectivity index (χ1) is 15.8. The Kier molecular flexibility index (Phi) is 6.05. The third-order valence-electron chi connectivity index (χ3n) is 4.90. The number of urea groups is 1. The summed E-state index contributed by atoms with van der Waals surface area (Å²) < 4.78 is 0.